The molecule has 1 aromatic carbocycles. The molecule has 0 aliphatic heterocycles. The zero-order valence-corrected chi connectivity index (χ0v) is 17.8. The zero-order valence-electron chi connectivity index (χ0n) is 16.1. The molecule has 1 N–H and O–H groups in total. The van der Waals surface area contributed by atoms with Crippen molar-refractivity contribution < 1.29 is 9.53 Å². The summed E-state index contributed by atoms with van der Waals surface area (Å²) in [5.41, 5.74) is 1.87. The maximum Gasteiger partial charge on any atom is 0.237 e. The Hall–Kier alpha value is -2.12. The maximum absolute atomic E-state index is 12.8. The van der Waals surface area contributed by atoms with E-state index >= 15 is 0 Å². The van der Waals surface area contributed by atoms with Gasteiger partial charge in [0.1, 0.15) is 21.4 Å². The number of rotatable bonds is 6. The molecule has 0 aliphatic rings. The first-order valence-electron chi connectivity index (χ1n) is 8.84. The van der Waals surface area contributed by atoms with E-state index in [2.05, 4.69) is 29.1 Å². The van der Waals surface area contributed by atoms with Gasteiger partial charge in [0.25, 0.3) is 0 Å². The molecular weight excluding hydrogens is 378 g/mol. The van der Waals surface area contributed by atoms with E-state index in [1.54, 1.807) is 11.3 Å². The molecule has 142 valence electrons. The number of amides is 1. The Morgan fingerprint density at radius 2 is 2.00 bits per heavy atom. The number of nitrogens with one attached hydrogen (secondary N) is 1. The molecule has 2 aromatic heterocycles. The summed E-state index contributed by atoms with van der Waals surface area (Å²) in [5.74, 6) is 1.32. The smallest absolute Gasteiger partial charge is 0.237 e. The number of carbonyl (C=O) groups is 1. The van der Waals surface area contributed by atoms with Crippen LogP contribution in [0.15, 0.2) is 29.3 Å². The fourth-order valence-corrected chi connectivity index (χ4v) is 4.90. The Morgan fingerprint density at radius 1 is 1.26 bits per heavy atom. The Bertz CT molecular complexity index is 985. The highest BCUT2D eigenvalue weighted by Crippen LogP contribution is 2.37. The number of aryl methyl sites for hydroxylation is 3. The van der Waals surface area contributed by atoms with Gasteiger partial charge >= 0.3 is 0 Å². The molecule has 0 fully saturated rings. The maximum atomic E-state index is 12.8. The van der Waals surface area contributed by atoms with Crippen molar-refractivity contribution in [2.75, 3.05) is 11.9 Å². The van der Waals surface area contributed by atoms with E-state index in [0.29, 0.717) is 18.0 Å². The van der Waals surface area contributed by atoms with Crippen LogP contribution in [0.4, 0.5) is 5.69 Å². The van der Waals surface area contributed by atoms with Gasteiger partial charge in [-0.2, -0.15) is 0 Å². The minimum Gasteiger partial charge on any atom is -0.492 e. The fourth-order valence-electron chi connectivity index (χ4n) is 2.71. The largest absolute Gasteiger partial charge is 0.492 e. The Labute approximate surface area is 167 Å². The lowest BCUT2D eigenvalue weighted by molar-refractivity contribution is -0.115. The first kappa shape index (κ1) is 19.6. The normalized spacial score (nSPS) is 12.2. The minimum atomic E-state index is -0.309. The number of hydrogen-bond donors (Lipinski definition) is 1. The van der Waals surface area contributed by atoms with Crippen LogP contribution in [0, 0.1) is 20.8 Å². The predicted molar refractivity (Wildman–Crippen MR) is 113 cm³/mol. The van der Waals surface area contributed by atoms with Crippen molar-refractivity contribution in [3.8, 4) is 5.75 Å². The van der Waals surface area contributed by atoms with Crippen LogP contribution in [-0.4, -0.2) is 27.7 Å². The molecule has 1 amide bonds. The van der Waals surface area contributed by atoms with Gasteiger partial charge in [-0.1, -0.05) is 23.9 Å². The summed E-state index contributed by atoms with van der Waals surface area (Å²) in [6.07, 6.45) is 0. The number of thiophene rings is 1. The standard InChI is InChI=1S/C20H23N3O2S2/c1-6-25-16-10-8-7-9-15(16)23-18(24)13(4)27-20-17-11(2)12(3)26-19(17)21-14(5)22-20/h7-10,13H,6H2,1-5H3,(H,23,24)/t13-/m0/s1. The van der Waals surface area contributed by atoms with Crippen LogP contribution in [0.25, 0.3) is 10.2 Å². The highest BCUT2D eigenvalue weighted by Gasteiger charge is 2.21. The second-order valence-electron chi connectivity index (χ2n) is 6.22. The van der Waals surface area contributed by atoms with Crippen molar-refractivity contribution in [3.63, 3.8) is 0 Å². The SMILES string of the molecule is CCOc1ccccc1NC(=O)[C@H](C)Sc1nc(C)nc2sc(C)c(C)c12. The topological polar surface area (TPSA) is 64.1 Å². The van der Waals surface area contributed by atoms with Gasteiger partial charge in [0.2, 0.25) is 5.91 Å². The highest BCUT2D eigenvalue weighted by atomic mass is 32.2. The Morgan fingerprint density at radius 3 is 2.74 bits per heavy atom. The van der Waals surface area contributed by atoms with Crippen LogP contribution in [0.1, 0.15) is 30.1 Å². The molecule has 0 saturated carbocycles. The van der Waals surface area contributed by atoms with E-state index in [0.717, 1.165) is 21.1 Å². The van der Waals surface area contributed by atoms with Crippen molar-refractivity contribution in [2.24, 2.45) is 0 Å². The molecule has 3 rings (SSSR count). The minimum absolute atomic E-state index is 0.0822. The van der Waals surface area contributed by atoms with Gasteiger partial charge in [0, 0.05) is 10.3 Å². The van der Waals surface area contributed by atoms with Crippen LogP contribution in [0.5, 0.6) is 5.75 Å². The molecule has 0 bridgehead atoms. The zero-order chi connectivity index (χ0) is 19.6. The first-order valence-corrected chi connectivity index (χ1v) is 10.5. The summed E-state index contributed by atoms with van der Waals surface area (Å²) in [6, 6.07) is 7.47. The second kappa shape index (κ2) is 8.27. The fraction of sp³-hybridized carbons (Fsp3) is 0.350. The molecule has 7 heteroatoms. The number of ether oxygens (including phenoxy) is 1. The highest BCUT2D eigenvalue weighted by molar-refractivity contribution is 8.00. The van der Waals surface area contributed by atoms with Crippen LogP contribution in [-0.2, 0) is 4.79 Å². The first-order chi connectivity index (χ1) is 12.9. The van der Waals surface area contributed by atoms with E-state index in [4.69, 9.17) is 4.74 Å². The second-order valence-corrected chi connectivity index (χ2v) is 8.75. The molecule has 27 heavy (non-hydrogen) atoms. The molecule has 0 unspecified atom stereocenters. The van der Waals surface area contributed by atoms with Gasteiger partial charge < -0.3 is 10.1 Å². The molecule has 0 radical (unpaired) electrons. The molecule has 3 aromatic rings. The molecular formula is C20H23N3O2S2. The lowest BCUT2D eigenvalue weighted by Gasteiger charge is -2.15. The van der Waals surface area contributed by atoms with Crippen LogP contribution in [0.2, 0.25) is 0 Å². The quantitative estimate of drug-likeness (QED) is 0.458. The number of thioether (sulfide) groups is 1. The predicted octanol–water partition coefficient (Wildman–Crippen LogP) is 5.13. The summed E-state index contributed by atoms with van der Waals surface area (Å²) in [7, 11) is 0. The van der Waals surface area contributed by atoms with Crippen LogP contribution in [0.3, 0.4) is 0 Å². The number of hydrogen-bond acceptors (Lipinski definition) is 6. The molecule has 5 nitrogen and oxygen atoms in total. The van der Waals surface area contributed by atoms with Gasteiger partial charge in [-0.3, -0.25) is 4.79 Å². The van der Waals surface area contributed by atoms with Crippen molar-refractivity contribution in [2.45, 2.75) is 44.9 Å². The van der Waals surface area contributed by atoms with E-state index < -0.39 is 0 Å². The number of aromatic nitrogens is 2. The average molecular weight is 402 g/mol. The van der Waals surface area contributed by atoms with E-state index in [-0.39, 0.29) is 11.2 Å². The third-order valence-corrected chi connectivity index (χ3v) is 6.40. The summed E-state index contributed by atoms with van der Waals surface area (Å²) in [5, 5.41) is 4.58. The number of para-hydroxylation sites is 2. The molecule has 2 heterocycles. The summed E-state index contributed by atoms with van der Waals surface area (Å²) in [4.78, 5) is 24.1. The lowest BCUT2D eigenvalue weighted by Crippen LogP contribution is -2.23. The summed E-state index contributed by atoms with van der Waals surface area (Å²) < 4.78 is 5.59. The third kappa shape index (κ3) is 4.25. The van der Waals surface area contributed by atoms with Gasteiger partial charge in [-0.25, -0.2) is 9.97 Å². The van der Waals surface area contributed by atoms with E-state index in [9.17, 15) is 4.79 Å². The van der Waals surface area contributed by atoms with Gasteiger partial charge in [0.15, 0.2) is 0 Å². The molecule has 1 atom stereocenters. The van der Waals surface area contributed by atoms with Crippen LogP contribution >= 0.6 is 23.1 Å². The van der Waals surface area contributed by atoms with E-state index in [1.807, 2.05) is 45.0 Å². The number of carbonyl (C=O) groups excluding carboxylic acids is 1. The average Bonchev–Trinajstić information content (AvgIpc) is 2.90. The van der Waals surface area contributed by atoms with Gasteiger partial charge in [-0.15, -0.1) is 11.3 Å². The summed E-state index contributed by atoms with van der Waals surface area (Å²) >= 11 is 3.14. The molecule has 0 saturated heterocycles. The molecule has 0 aliphatic carbocycles. The molecule has 0 spiro atoms. The van der Waals surface area contributed by atoms with Gasteiger partial charge in [0.05, 0.1) is 17.5 Å². The Kier molecular flexibility index (Phi) is 6.01. The third-order valence-electron chi connectivity index (χ3n) is 4.21. The monoisotopic (exact) mass is 401 g/mol. The lowest BCUT2D eigenvalue weighted by atomic mass is 10.2. The van der Waals surface area contributed by atoms with E-state index in [1.165, 1.54) is 22.2 Å². The van der Waals surface area contributed by atoms with Crippen molar-refractivity contribution in [3.05, 3.63) is 40.5 Å². The summed E-state index contributed by atoms with van der Waals surface area (Å²) in [6.45, 7) is 10.4. The number of fused-ring (bicyclic) bond motifs is 1. The number of benzene rings is 1. The van der Waals surface area contributed by atoms with Gasteiger partial charge in [-0.05, 0) is 52.3 Å². The van der Waals surface area contributed by atoms with Crippen LogP contribution < -0.4 is 10.1 Å². The Balaban J connectivity index is 1.82. The number of anilines is 1. The van der Waals surface area contributed by atoms with Crippen molar-refractivity contribution in [1.29, 1.82) is 0 Å². The number of nitrogens with zero attached hydrogens (tertiary/aromatic N) is 2. The van der Waals surface area contributed by atoms with Crippen molar-refractivity contribution >= 4 is 44.9 Å². The van der Waals surface area contributed by atoms with Crippen molar-refractivity contribution in [1.82, 2.24) is 9.97 Å².